The zero-order valence-electron chi connectivity index (χ0n) is 13.0. The summed E-state index contributed by atoms with van der Waals surface area (Å²) in [5, 5.41) is 10.9. The van der Waals surface area contributed by atoms with Crippen molar-refractivity contribution in [2.24, 2.45) is 0 Å². The summed E-state index contributed by atoms with van der Waals surface area (Å²) in [6.07, 6.45) is 0.871. The molecule has 0 aliphatic carbocycles. The summed E-state index contributed by atoms with van der Waals surface area (Å²) in [6.45, 7) is 2.34. The van der Waals surface area contributed by atoms with Gasteiger partial charge in [0.15, 0.2) is 11.5 Å². The van der Waals surface area contributed by atoms with Gasteiger partial charge in [-0.1, -0.05) is 30.3 Å². The Hall–Kier alpha value is -2.04. The first kappa shape index (κ1) is 16.3. The lowest BCUT2D eigenvalue weighted by atomic mass is 10.1. The van der Waals surface area contributed by atoms with Gasteiger partial charge in [0.05, 0.1) is 26.9 Å². The predicted octanol–water partition coefficient (Wildman–Crippen LogP) is 1.37. The fourth-order valence-corrected chi connectivity index (χ4v) is 2.24. The number of aliphatic hydroxyl groups is 1. The molecule has 0 spiro atoms. The van der Waals surface area contributed by atoms with Crippen molar-refractivity contribution >= 4 is 0 Å². The van der Waals surface area contributed by atoms with Gasteiger partial charge in [-0.3, -0.25) is 0 Å². The second-order valence-electron chi connectivity index (χ2n) is 5.07. The van der Waals surface area contributed by atoms with Crippen molar-refractivity contribution in [2.75, 3.05) is 26.9 Å². The van der Waals surface area contributed by atoms with Crippen molar-refractivity contribution in [1.29, 1.82) is 0 Å². The van der Waals surface area contributed by atoms with Gasteiger partial charge >= 0.3 is 0 Å². The Morgan fingerprint density at radius 2 is 1.82 bits per heavy atom. The number of rotatable bonds is 9. The molecule has 0 unspecified atom stereocenters. The van der Waals surface area contributed by atoms with Crippen LogP contribution in [0.15, 0.2) is 48.5 Å². The van der Waals surface area contributed by atoms with Crippen LogP contribution in [0.2, 0.25) is 0 Å². The predicted molar refractivity (Wildman–Crippen MR) is 86.2 cm³/mol. The lowest BCUT2D eigenvalue weighted by Gasteiger charge is -2.12. The Bertz CT molecular complexity index is 558. The fraction of sp³-hybridized carbons (Fsp3) is 0.333. The smallest absolute Gasteiger partial charge is 0.161 e. The average Bonchev–Trinajstić information content (AvgIpc) is 2.57. The maximum Gasteiger partial charge on any atom is 0.161 e. The molecule has 0 radical (unpaired) electrons. The molecule has 118 valence electrons. The van der Waals surface area contributed by atoms with Gasteiger partial charge in [0, 0.05) is 12.0 Å². The second kappa shape index (κ2) is 9.07. The van der Waals surface area contributed by atoms with Gasteiger partial charge in [-0.15, -0.1) is 0 Å². The van der Waals surface area contributed by atoms with E-state index in [0.29, 0.717) is 13.2 Å². The average molecular weight is 302 g/mol. The molecule has 4 heteroatoms. The highest BCUT2D eigenvalue weighted by atomic mass is 16.5. The molecule has 0 bridgehead atoms. The van der Waals surface area contributed by atoms with Crippen LogP contribution in [0.4, 0.5) is 0 Å². The molecule has 0 atom stereocenters. The Morgan fingerprint density at radius 3 is 2.55 bits per heavy atom. The molecule has 4 nitrogen and oxygen atoms in total. The fourth-order valence-electron chi connectivity index (χ4n) is 2.24. The molecule has 0 aromatic heterocycles. The monoisotopic (exact) mass is 302 g/mol. The van der Waals surface area contributed by atoms with Crippen LogP contribution in [-0.4, -0.2) is 32.0 Å². The Morgan fingerprint density at radius 1 is 1.00 bits per heavy atom. The number of hydrogen-bond acceptors (Lipinski definition) is 3. The molecule has 0 saturated carbocycles. The summed E-state index contributed by atoms with van der Waals surface area (Å²) in [5.74, 6) is 1.52. The van der Waals surface area contributed by atoms with Gasteiger partial charge in [-0.05, 0) is 23.8 Å². The Labute approximate surface area is 131 Å². The number of quaternary nitrogens is 1. The first-order valence-corrected chi connectivity index (χ1v) is 7.59. The normalized spacial score (nSPS) is 10.5. The lowest BCUT2D eigenvalue weighted by Crippen LogP contribution is -2.83. The summed E-state index contributed by atoms with van der Waals surface area (Å²) in [5.41, 5.74) is 2.41. The molecule has 2 aromatic rings. The molecule has 3 N–H and O–H groups in total. The zero-order chi connectivity index (χ0) is 15.6. The van der Waals surface area contributed by atoms with Gasteiger partial charge in [0.1, 0.15) is 6.54 Å². The summed E-state index contributed by atoms with van der Waals surface area (Å²) >= 11 is 0. The van der Waals surface area contributed by atoms with Crippen molar-refractivity contribution < 1.29 is 19.9 Å². The minimum absolute atomic E-state index is 0.192. The van der Waals surface area contributed by atoms with Crippen LogP contribution >= 0.6 is 0 Å². The Kier molecular flexibility index (Phi) is 6.74. The van der Waals surface area contributed by atoms with Crippen LogP contribution in [0.5, 0.6) is 11.5 Å². The number of hydrogen-bond donors (Lipinski definition) is 2. The van der Waals surface area contributed by atoms with E-state index in [1.807, 2.05) is 36.4 Å². The molecular weight excluding hydrogens is 278 g/mol. The quantitative estimate of drug-likeness (QED) is 0.688. The van der Waals surface area contributed by atoms with Gasteiger partial charge in [0.2, 0.25) is 0 Å². The van der Waals surface area contributed by atoms with E-state index >= 15 is 0 Å². The summed E-state index contributed by atoms with van der Waals surface area (Å²) in [7, 11) is 1.65. The van der Waals surface area contributed by atoms with Crippen molar-refractivity contribution in [3.8, 4) is 11.5 Å². The van der Waals surface area contributed by atoms with Crippen molar-refractivity contribution in [2.45, 2.75) is 13.0 Å². The molecule has 0 saturated heterocycles. The second-order valence-corrected chi connectivity index (χ2v) is 5.07. The summed E-state index contributed by atoms with van der Waals surface area (Å²) in [4.78, 5) is 0. The van der Waals surface area contributed by atoms with Gasteiger partial charge in [0.25, 0.3) is 0 Å². The largest absolute Gasteiger partial charge is 0.493 e. The molecule has 2 aromatic carbocycles. The molecular formula is C18H24NO3+. The van der Waals surface area contributed by atoms with Gasteiger partial charge in [-0.25, -0.2) is 0 Å². The molecule has 0 amide bonds. The van der Waals surface area contributed by atoms with Crippen LogP contribution in [0, 0.1) is 0 Å². The molecule has 22 heavy (non-hydrogen) atoms. The van der Waals surface area contributed by atoms with E-state index in [1.165, 1.54) is 5.56 Å². The third-order valence-electron chi connectivity index (χ3n) is 3.43. The van der Waals surface area contributed by atoms with Crippen LogP contribution in [-0.2, 0) is 13.0 Å². The lowest BCUT2D eigenvalue weighted by molar-refractivity contribution is -0.671. The maximum absolute atomic E-state index is 8.80. The highest BCUT2D eigenvalue weighted by Gasteiger charge is 2.07. The molecule has 0 fully saturated rings. The highest BCUT2D eigenvalue weighted by molar-refractivity contribution is 5.42. The minimum Gasteiger partial charge on any atom is -0.493 e. The van der Waals surface area contributed by atoms with Crippen LogP contribution in [0.3, 0.4) is 0 Å². The Balaban J connectivity index is 1.89. The molecule has 0 aliphatic heterocycles. The molecule has 2 rings (SSSR count). The van der Waals surface area contributed by atoms with Gasteiger partial charge in [-0.2, -0.15) is 0 Å². The summed E-state index contributed by atoms with van der Waals surface area (Å²) in [6, 6.07) is 16.3. The number of ether oxygens (including phenoxy) is 2. The minimum atomic E-state index is 0.192. The van der Waals surface area contributed by atoms with Crippen LogP contribution in [0.25, 0.3) is 0 Å². The van der Waals surface area contributed by atoms with E-state index in [0.717, 1.165) is 30.0 Å². The molecule has 0 aliphatic rings. The highest BCUT2D eigenvalue weighted by Crippen LogP contribution is 2.27. The van der Waals surface area contributed by atoms with Crippen molar-refractivity contribution in [3.63, 3.8) is 0 Å². The van der Waals surface area contributed by atoms with Crippen molar-refractivity contribution in [3.05, 3.63) is 59.7 Å². The third-order valence-corrected chi connectivity index (χ3v) is 3.43. The zero-order valence-corrected chi connectivity index (χ0v) is 13.0. The van der Waals surface area contributed by atoms with E-state index in [9.17, 15) is 0 Å². The first-order chi connectivity index (χ1) is 10.8. The van der Waals surface area contributed by atoms with E-state index < -0.39 is 0 Å². The number of benzene rings is 2. The van der Waals surface area contributed by atoms with Crippen LogP contribution < -0.4 is 14.8 Å². The standard InChI is InChI=1S/C18H23NO3/c1-21-18-13-16(14-19-10-11-20)7-8-17(18)22-12-9-15-5-3-2-4-6-15/h2-8,13,19-20H,9-12,14H2,1H3/p+1. The van der Waals surface area contributed by atoms with E-state index in [2.05, 4.69) is 17.4 Å². The first-order valence-electron chi connectivity index (χ1n) is 7.59. The van der Waals surface area contributed by atoms with E-state index in [1.54, 1.807) is 7.11 Å². The number of methoxy groups -OCH3 is 1. The van der Waals surface area contributed by atoms with Gasteiger partial charge < -0.3 is 19.9 Å². The number of aliphatic hydroxyl groups excluding tert-OH is 1. The van der Waals surface area contributed by atoms with Crippen molar-refractivity contribution in [1.82, 2.24) is 0 Å². The summed E-state index contributed by atoms with van der Waals surface area (Å²) < 4.78 is 11.2. The topological polar surface area (TPSA) is 55.3 Å². The van der Waals surface area contributed by atoms with E-state index in [-0.39, 0.29) is 6.61 Å². The number of nitrogens with two attached hydrogens (primary N) is 1. The van der Waals surface area contributed by atoms with Crippen LogP contribution in [0.1, 0.15) is 11.1 Å². The van der Waals surface area contributed by atoms with E-state index in [4.69, 9.17) is 14.6 Å². The molecule has 0 heterocycles. The SMILES string of the molecule is COc1cc(C[NH2+]CCO)ccc1OCCc1ccccc1. The maximum atomic E-state index is 8.80. The third kappa shape index (κ3) is 5.06.